The Morgan fingerprint density at radius 1 is 1.28 bits per heavy atom. The zero-order chi connectivity index (χ0) is 13.0. The van der Waals surface area contributed by atoms with Crippen LogP contribution in [0.3, 0.4) is 0 Å². The van der Waals surface area contributed by atoms with E-state index in [2.05, 4.69) is 6.92 Å². The molecule has 0 saturated carbocycles. The molecule has 2 N–H and O–H groups in total. The van der Waals surface area contributed by atoms with Crippen LogP contribution in [-0.4, -0.2) is 23.9 Å². The zero-order valence-corrected chi connectivity index (χ0v) is 11.1. The molecule has 1 aromatic carbocycles. The van der Waals surface area contributed by atoms with Gasteiger partial charge in [-0.15, -0.1) is 0 Å². The molecule has 3 nitrogen and oxygen atoms in total. The predicted molar refractivity (Wildman–Crippen MR) is 74.2 cm³/mol. The van der Waals surface area contributed by atoms with E-state index in [1.54, 1.807) is 0 Å². The number of amides is 1. The van der Waals surface area contributed by atoms with Gasteiger partial charge in [0.2, 0.25) is 5.91 Å². The van der Waals surface area contributed by atoms with E-state index in [1.165, 1.54) is 5.56 Å². The van der Waals surface area contributed by atoms with E-state index in [4.69, 9.17) is 5.73 Å². The number of aryl methyl sites for hydroxylation is 1. The van der Waals surface area contributed by atoms with E-state index in [9.17, 15) is 4.79 Å². The number of carbonyl (C=O) groups excluding carboxylic acids is 1. The van der Waals surface area contributed by atoms with Crippen molar-refractivity contribution in [3.05, 3.63) is 29.8 Å². The van der Waals surface area contributed by atoms with Crippen molar-refractivity contribution < 1.29 is 4.79 Å². The molecule has 0 spiro atoms. The van der Waals surface area contributed by atoms with Gasteiger partial charge >= 0.3 is 0 Å². The van der Waals surface area contributed by atoms with E-state index in [1.807, 2.05) is 29.2 Å². The second kappa shape index (κ2) is 5.89. The second-order valence-electron chi connectivity index (χ2n) is 5.30. The lowest BCUT2D eigenvalue weighted by Gasteiger charge is -2.30. The first-order valence-corrected chi connectivity index (χ1v) is 6.77. The summed E-state index contributed by atoms with van der Waals surface area (Å²) in [6.07, 6.45) is 3.71. The summed E-state index contributed by atoms with van der Waals surface area (Å²) in [6.45, 7) is 4.12. The van der Waals surface area contributed by atoms with Crippen LogP contribution < -0.4 is 5.73 Å². The van der Waals surface area contributed by atoms with Gasteiger partial charge in [-0.3, -0.25) is 4.79 Å². The van der Waals surface area contributed by atoms with Crippen LogP contribution in [-0.2, 0) is 11.2 Å². The summed E-state index contributed by atoms with van der Waals surface area (Å²) < 4.78 is 0. The summed E-state index contributed by atoms with van der Waals surface area (Å²) >= 11 is 0. The summed E-state index contributed by atoms with van der Waals surface area (Å²) in [4.78, 5) is 14.1. The lowest BCUT2D eigenvalue weighted by molar-refractivity contribution is -0.132. The van der Waals surface area contributed by atoms with Gasteiger partial charge in [0.25, 0.3) is 0 Å². The first kappa shape index (κ1) is 12.9. The first-order valence-electron chi connectivity index (χ1n) is 6.77. The minimum atomic E-state index is 0.290. The Labute approximate surface area is 109 Å². The average Bonchev–Trinajstić information content (AvgIpc) is 2.38. The van der Waals surface area contributed by atoms with Crippen LogP contribution in [0.25, 0.3) is 0 Å². The molecule has 0 atom stereocenters. The SMILES string of the molecule is CC1CCN(C(=O)CCc2ccc(N)cc2)CC1. The van der Waals surface area contributed by atoms with Gasteiger partial charge < -0.3 is 10.6 Å². The molecule has 0 bridgehead atoms. The Morgan fingerprint density at radius 2 is 1.89 bits per heavy atom. The summed E-state index contributed by atoms with van der Waals surface area (Å²) in [5, 5.41) is 0. The fourth-order valence-electron chi connectivity index (χ4n) is 2.35. The third-order valence-electron chi connectivity index (χ3n) is 3.74. The number of nitrogens with zero attached hydrogens (tertiary/aromatic N) is 1. The number of rotatable bonds is 3. The highest BCUT2D eigenvalue weighted by Crippen LogP contribution is 2.17. The first-order chi connectivity index (χ1) is 8.65. The molecule has 1 heterocycles. The molecule has 1 fully saturated rings. The number of piperidine rings is 1. The molecular weight excluding hydrogens is 224 g/mol. The standard InChI is InChI=1S/C15H22N2O/c1-12-8-10-17(11-9-12)15(18)7-4-13-2-5-14(16)6-3-13/h2-3,5-6,12H,4,7-11,16H2,1H3. The highest BCUT2D eigenvalue weighted by atomic mass is 16.2. The monoisotopic (exact) mass is 246 g/mol. The van der Waals surface area contributed by atoms with Gasteiger partial charge in [0.05, 0.1) is 0 Å². The third kappa shape index (κ3) is 3.49. The molecule has 0 aliphatic carbocycles. The van der Waals surface area contributed by atoms with Gasteiger partial charge in [-0.1, -0.05) is 19.1 Å². The Balaban J connectivity index is 1.79. The van der Waals surface area contributed by atoms with Crippen LogP contribution in [0, 0.1) is 5.92 Å². The minimum Gasteiger partial charge on any atom is -0.399 e. The van der Waals surface area contributed by atoms with Crippen molar-refractivity contribution in [2.24, 2.45) is 5.92 Å². The van der Waals surface area contributed by atoms with Crippen LogP contribution in [0.1, 0.15) is 31.7 Å². The van der Waals surface area contributed by atoms with Gasteiger partial charge in [-0.05, 0) is 42.9 Å². The van der Waals surface area contributed by atoms with E-state index in [0.717, 1.165) is 44.0 Å². The zero-order valence-electron chi connectivity index (χ0n) is 11.1. The molecule has 1 aromatic rings. The molecule has 0 radical (unpaired) electrons. The predicted octanol–water partition coefficient (Wildman–Crippen LogP) is 2.46. The van der Waals surface area contributed by atoms with Gasteiger partial charge in [-0.25, -0.2) is 0 Å². The number of carbonyl (C=O) groups is 1. The van der Waals surface area contributed by atoms with Crippen LogP contribution in [0.2, 0.25) is 0 Å². The van der Waals surface area contributed by atoms with E-state index >= 15 is 0 Å². The molecule has 1 amide bonds. The summed E-state index contributed by atoms with van der Waals surface area (Å²) in [5.74, 6) is 1.06. The van der Waals surface area contributed by atoms with Crippen LogP contribution in [0.4, 0.5) is 5.69 Å². The molecule has 0 unspecified atom stereocenters. The molecular formula is C15H22N2O. The molecule has 2 rings (SSSR count). The number of hydrogen-bond acceptors (Lipinski definition) is 2. The number of nitrogens with two attached hydrogens (primary N) is 1. The van der Waals surface area contributed by atoms with E-state index < -0.39 is 0 Å². The Hall–Kier alpha value is -1.51. The molecule has 3 heteroatoms. The number of benzene rings is 1. The largest absolute Gasteiger partial charge is 0.399 e. The quantitative estimate of drug-likeness (QED) is 0.833. The molecule has 1 aliphatic rings. The molecule has 18 heavy (non-hydrogen) atoms. The van der Waals surface area contributed by atoms with Crippen molar-refractivity contribution in [1.29, 1.82) is 0 Å². The van der Waals surface area contributed by atoms with Gasteiger partial charge in [0.15, 0.2) is 0 Å². The number of likely N-dealkylation sites (tertiary alicyclic amines) is 1. The normalized spacial score (nSPS) is 16.8. The maximum atomic E-state index is 12.0. The highest BCUT2D eigenvalue weighted by Gasteiger charge is 2.19. The molecule has 1 aliphatic heterocycles. The summed E-state index contributed by atoms with van der Waals surface area (Å²) in [5.41, 5.74) is 7.59. The maximum Gasteiger partial charge on any atom is 0.222 e. The number of anilines is 1. The third-order valence-corrected chi connectivity index (χ3v) is 3.74. The van der Waals surface area contributed by atoms with Crippen molar-refractivity contribution in [2.45, 2.75) is 32.6 Å². The average molecular weight is 246 g/mol. The van der Waals surface area contributed by atoms with Gasteiger partial charge in [-0.2, -0.15) is 0 Å². The maximum absolute atomic E-state index is 12.0. The lowest BCUT2D eigenvalue weighted by Crippen LogP contribution is -2.37. The molecule has 0 aromatic heterocycles. The fraction of sp³-hybridized carbons (Fsp3) is 0.533. The second-order valence-corrected chi connectivity index (χ2v) is 5.30. The number of nitrogen functional groups attached to an aromatic ring is 1. The van der Waals surface area contributed by atoms with Crippen molar-refractivity contribution in [1.82, 2.24) is 4.90 Å². The van der Waals surface area contributed by atoms with Crippen molar-refractivity contribution >= 4 is 11.6 Å². The van der Waals surface area contributed by atoms with Gasteiger partial charge in [0.1, 0.15) is 0 Å². The van der Waals surface area contributed by atoms with Crippen molar-refractivity contribution in [3.8, 4) is 0 Å². The number of hydrogen-bond donors (Lipinski definition) is 1. The van der Waals surface area contributed by atoms with E-state index in [-0.39, 0.29) is 0 Å². The Kier molecular flexibility index (Phi) is 4.24. The van der Waals surface area contributed by atoms with Gasteiger partial charge in [0, 0.05) is 25.2 Å². The Bertz CT molecular complexity index is 391. The fourth-order valence-corrected chi connectivity index (χ4v) is 2.35. The van der Waals surface area contributed by atoms with Crippen molar-refractivity contribution in [3.63, 3.8) is 0 Å². The molecule has 98 valence electrons. The minimum absolute atomic E-state index is 0.290. The topological polar surface area (TPSA) is 46.3 Å². The lowest BCUT2D eigenvalue weighted by atomic mass is 9.98. The van der Waals surface area contributed by atoms with Crippen molar-refractivity contribution in [2.75, 3.05) is 18.8 Å². The highest BCUT2D eigenvalue weighted by molar-refractivity contribution is 5.76. The van der Waals surface area contributed by atoms with Crippen LogP contribution in [0.5, 0.6) is 0 Å². The van der Waals surface area contributed by atoms with E-state index in [0.29, 0.717) is 12.3 Å². The van der Waals surface area contributed by atoms with Crippen LogP contribution >= 0.6 is 0 Å². The molecule has 1 saturated heterocycles. The summed E-state index contributed by atoms with van der Waals surface area (Å²) in [6, 6.07) is 7.78. The van der Waals surface area contributed by atoms with Crippen LogP contribution in [0.15, 0.2) is 24.3 Å². The Morgan fingerprint density at radius 3 is 2.50 bits per heavy atom. The smallest absolute Gasteiger partial charge is 0.222 e. The summed E-state index contributed by atoms with van der Waals surface area (Å²) in [7, 11) is 0.